The van der Waals surface area contributed by atoms with Gasteiger partial charge in [-0.25, -0.2) is 0 Å². The SMILES string of the molecule is Cc1cccc(N2CCN(C(=O)c3ccc4c(c3)NC(=O)CO4)CC2)c1C. The third-order valence-electron chi connectivity index (χ3n) is 5.34. The minimum atomic E-state index is -0.200. The molecule has 27 heavy (non-hydrogen) atoms. The summed E-state index contributed by atoms with van der Waals surface area (Å²) < 4.78 is 5.36. The molecular weight excluding hydrogens is 342 g/mol. The molecule has 2 aliphatic rings. The number of nitrogens with zero attached hydrogens (tertiary/aromatic N) is 2. The van der Waals surface area contributed by atoms with Crippen molar-refractivity contribution < 1.29 is 14.3 Å². The number of carbonyl (C=O) groups excluding carboxylic acids is 2. The van der Waals surface area contributed by atoms with Crippen LogP contribution in [0.25, 0.3) is 0 Å². The zero-order valence-electron chi connectivity index (χ0n) is 15.6. The summed E-state index contributed by atoms with van der Waals surface area (Å²) in [4.78, 5) is 28.6. The molecule has 2 aromatic carbocycles. The highest BCUT2D eigenvalue weighted by atomic mass is 16.5. The number of amides is 2. The van der Waals surface area contributed by atoms with Gasteiger partial charge in [0.05, 0.1) is 5.69 Å². The van der Waals surface area contributed by atoms with Gasteiger partial charge in [0.15, 0.2) is 6.61 Å². The van der Waals surface area contributed by atoms with E-state index in [-0.39, 0.29) is 18.4 Å². The molecular formula is C21H23N3O3. The van der Waals surface area contributed by atoms with E-state index in [1.54, 1.807) is 18.2 Å². The van der Waals surface area contributed by atoms with Crippen LogP contribution in [-0.2, 0) is 4.79 Å². The average molecular weight is 365 g/mol. The molecule has 1 N–H and O–H groups in total. The number of carbonyl (C=O) groups is 2. The van der Waals surface area contributed by atoms with Gasteiger partial charge in [-0.2, -0.15) is 0 Å². The Morgan fingerprint density at radius 3 is 2.63 bits per heavy atom. The van der Waals surface area contributed by atoms with Crippen molar-refractivity contribution in [2.24, 2.45) is 0 Å². The Hall–Kier alpha value is -3.02. The number of rotatable bonds is 2. The smallest absolute Gasteiger partial charge is 0.262 e. The molecule has 140 valence electrons. The molecule has 6 heteroatoms. The largest absolute Gasteiger partial charge is 0.482 e. The number of hydrogen-bond acceptors (Lipinski definition) is 4. The molecule has 0 atom stereocenters. The van der Waals surface area contributed by atoms with Gasteiger partial charge in [0.2, 0.25) is 0 Å². The summed E-state index contributed by atoms with van der Waals surface area (Å²) in [5.41, 5.74) is 4.95. The fraction of sp³-hybridized carbons (Fsp3) is 0.333. The predicted molar refractivity (Wildman–Crippen MR) is 105 cm³/mol. The van der Waals surface area contributed by atoms with Crippen LogP contribution in [0.2, 0.25) is 0 Å². The topological polar surface area (TPSA) is 61.9 Å². The highest BCUT2D eigenvalue weighted by molar-refractivity contribution is 6.00. The van der Waals surface area contributed by atoms with Gasteiger partial charge in [0.1, 0.15) is 5.75 Å². The zero-order valence-corrected chi connectivity index (χ0v) is 15.6. The van der Waals surface area contributed by atoms with Crippen LogP contribution in [0.1, 0.15) is 21.5 Å². The molecule has 0 saturated carbocycles. The van der Waals surface area contributed by atoms with Crippen molar-refractivity contribution in [1.29, 1.82) is 0 Å². The third-order valence-corrected chi connectivity index (χ3v) is 5.34. The number of aryl methyl sites for hydroxylation is 1. The Morgan fingerprint density at radius 2 is 1.85 bits per heavy atom. The number of fused-ring (bicyclic) bond motifs is 1. The lowest BCUT2D eigenvalue weighted by Crippen LogP contribution is -2.49. The molecule has 6 nitrogen and oxygen atoms in total. The van der Waals surface area contributed by atoms with Crippen LogP contribution in [0, 0.1) is 13.8 Å². The Labute approximate surface area is 158 Å². The second kappa shape index (κ2) is 6.95. The summed E-state index contributed by atoms with van der Waals surface area (Å²) >= 11 is 0. The van der Waals surface area contributed by atoms with Gasteiger partial charge in [0.25, 0.3) is 11.8 Å². The van der Waals surface area contributed by atoms with E-state index in [9.17, 15) is 9.59 Å². The lowest BCUT2D eigenvalue weighted by atomic mass is 10.1. The second-order valence-corrected chi connectivity index (χ2v) is 7.05. The van der Waals surface area contributed by atoms with Crippen LogP contribution in [-0.4, -0.2) is 49.5 Å². The quantitative estimate of drug-likeness (QED) is 0.889. The summed E-state index contributed by atoms with van der Waals surface area (Å²) in [7, 11) is 0. The van der Waals surface area contributed by atoms with E-state index in [0.29, 0.717) is 30.1 Å². The van der Waals surface area contributed by atoms with Gasteiger partial charge in [-0.3, -0.25) is 9.59 Å². The first-order valence-corrected chi connectivity index (χ1v) is 9.20. The molecule has 0 aromatic heterocycles. The van der Waals surface area contributed by atoms with Crippen molar-refractivity contribution in [2.45, 2.75) is 13.8 Å². The Bertz CT molecular complexity index is 902. The Morgan fingerprint density at radius 1 is 1.07 bits per heavy atom. The van der Waals surface area contributed by atoms with Crippen LogP contribution in [0.3, 0.4) is 0 Å². The first kappa shape index (κ1) is 17.4. The molecule has 2 amide bonds. The van der Waals surface area contributed by atoms with Crippen LogP contribution in [0.5, 0.6) is 5.75 Å². The van der Waals surface area contributed by atoms with Gasteiger partial charge in [-0.1, -0.05) is 12.1 Å². The third kappa shape index (κ3) is 3.35. The fourth-order valence-corrected chi connectivity index (χ4v) is 3.63. The number of nitrogens with one attached hydrogen (secondary N) is 1. The summed E-state index contributed by atoms with van der Waals surface area (Å²) in [5, 5.41) is 2.76. The van der Waals surface area contributed by atoms with E-state index in [0.717, 1.165) is 13.1 Å². The molecule has 0 bridgehead atoms. The van der Waals surface area contributed by atoms with Crippen LogP contribution in [0.15, 0.2) is 36.4 Å². The van der Waals surface area contributed by atoms with Gasteiger partial charge in [-0.05, 0) is 49.2 Å². The van der Waals surface area contributed by atoms with Crippen molar-refractivity contribution in [3.05, 3.63) is 53.1 Å². The summed E-state index contributed by atoms with van der Waals surface area (Å²) in [6.45, 7) is 7.24. The predicted octanol–water partition coefficient (Wildman–Crippen LogP) is 2.60. The Balaban J connectivity index is 1.45. The summed E-state index contributed by atoms with van der Waals surface area (Å²) in [6.07, 6.45) is 0. The van der Waals surface area contributed by atoms with Crippen LogP contribution in [0.4, 0.5) is 11.4 Å². The van der Waals surface area contributed by atoms with Crippen LogP contribution >= 0.6 is 0 Å². The first-order valence-electron chi connectivity index (χ1n) is 9.20. The molecule has 0 spiro atoms. The summed E-state index contributed by atoms with van der Waals surface area (Å²) in [5.74, 6) is 0.387. The molecule has 0 aliphatic carbocycles. The van der Waals surface area contributed by atoms with Gasteiger partial charge in [-0.15, -0.1) is 0 Å². The molecule has 0 radical (unpaired) electrons. The highest BCUT2D eigenvalue weighted by Crippen LogP contribution is 2.29. The van der Waals surface area contributed by atoms with Crippen molar-refractivity contribution in [3.63, 3.8) is 0 Å². The maximum Gasteiger partial charge on any atom is 0.262 e. The zero-order chi connectivity index (χ0) is 19.0. The van der Waals surface area contributed by atoms with Crippen molar-refractivity contribution in [1.82, 2.24) is 4.90 Å². The first-order chi connectivity index (χ1) is 13.0. The minimum Gasteiger partial charge on any atom is -0.482 e. The molecule has 2 heterocycles. The number of anilines is 2. The summed E-state index contributed by atoms with van der Waals surface area (Å²) in [6, 6.07) is 11.6. The van der Waals surface area contributed by atoms with E-state index in [4.69, 9.17) is 4.74 Å². The van der Waals surface area contributed by atoms with Crippen molar-refractivity contribution >= 4 is 23.2 Å². The maximum absolute atomic E-state index is 12.9. The Kier molecular flexibility index (Phi) is 4.48. The normalized spacial score (nSPS) is 16.4. The molecule has 2 aliphatic heterocycles. The van der Waals surface area contributed by atoms with Crippen molar-refractivity contribution in [2.75, 3.05) is 43.0 Å². The van der Waals surface area contributed by atoms with Gasteiger partial charge >= 0.3 is 0 Å². The minimum absolute atomic E-state index is 0.0145. The molecule has 4 rings (SSSR count). The number of benzene rings is 2. The lowest BCUT2D eigenvalue weighted by molar-refractivity contribution is -0.118. The number of piperazine rings is 1. The average Bonchev–Trinajstić information content (AvgIpc) is 2.69. The van der Waals surface area contributed by atoms with Crippen LogP contribution < -0.4 is 15.0 Å². The highest BCUT2D eigenvalue weighted by Gasteiger charge is 2.25. The molecule has 1 fully saturated rings. The van der Waals surface area contributed by atoms with Crippen molar-refractivity contribution in [3.8, 4) is 5.75 Å². The van der Waals surface area contributed by atoms with Gasteiger partial charge < -0.3 is 19.9 Å². The maximum atomic E-state index is 12.9. The van der Waals surface area contributed by atoms with E-state index in [1.165, 1.54) is 16.8 Å². The fourth-order valence-electron chi connectivity index (χ4n) is 3.63. The molecule has 0 unspecified atom stereocenters. The number of ether oxygens (including phenoxy) is 1. The van der Waals surface area contributed by atoms with E-state index < -0.39 is 0 Å². The number of hydrogen-bond donors (Lipinski definition) is 1. The molecule has 2 aromatic rings. The van der Waals surface area contributed by atoms with E-state index in [1.807, 2.05) is 4.90 Å². The monoisotopic (exact) mass is 365 g/mol. The van der Waals surface area contributed by atoms with Gasteiger partial charge in [0, 0.05) is 37.4 Å². The lowest BCUT2D eigenvalue weighted by Gasteiger charge is -2.37. The van der Waals surface area contributed by atoms with E-state index in [2.05, 4.69) is 42.3 Å². The second-order valence-electron chi connectivity index (χ2n) is 7.05. The molecule has 1 saturated heterocycles. The standard InChI is InChI=1S/C21H23N3O3/c1-14-4-3-5-18(15(14)2)23-8-10-24(11-9-23)21(26)16-6-7-19-17(12-16)22-20(25)13-27-19/h3-7,12H,8-11,13H2,1-2H3,(H,22,25). The van der Waals surface area contributed by atoms with E-state index >= 15 is 0 Å².